The van der Waals surface area contributed by atoms with Crippen LogP contribution in [0.4, 0.5) is 0 Å². The van der Waals surface area contributed by atoms with Crippen molar-refractivity contribution in [2.24, 2.45) is 23.0 Å². The van der Waals surface area contributed by atoms with Gasteiger partial charge in [-0.2, -0.15) is 0 Å². The second-order valence-corrected chi connectivity index (χ2v) is 7.89. The molecular formula is C18H28ClN. The van der Waals surface area contributed by atoms with Crippen molar-refractivity contribution < 1.29 is 0 Å². The molecule has 3 atom stereocenters. The molecule has 0 bridgehead atoms. The molecule has 1 aliphatic carbocycles. The van der Waals surface area contributed by atoms with E-state index in [1.165, 1.54) is 24.8 Å². The lowest BCUT2D eigenvalue weighted by atomic mass is 9.64. The maximum atomic E-state index is 6.32. The molecule has 0 saturated heterocycles. The van der Waals surface area contributed by atoms with Crippen LogP contribution in [0.25, 0.3) is 0 Å². The molecule has 1 nitrogen and oxygen atoms in total. The van der Waals surface area contributed by atoms with E-state index in [-0.39, 0.29) is 0 Å². The molecule has 0 heterocycles. The van der Waals surface area contributed by atoms with Crippen LogP contribution in [0.1, 0.15) is 57.1 Å². The van der Waals surface area contributed by atoms with E-state index in [2.05, 4.69) is 45.9 Å². The summed E-state index contributed by atoms with van der Waals surface area (Å²) in [4.78, 5) is 0. The van der Waals surface area contributed by atoms with E-state index in [1.54, 1.807) is 0 Å². The second kappa shape index (κ2) is 6.07. The fourth-order valence-corrected chi connectivity index (χ4v) is 3.74. The van der Waals surface area contributed by atoms with E-state index in [1.807, 2.05) is 0 Å². The van der Waals surface area contributed by atoms with Crippen LogP contribution < -0.4 is 5.73 Å². The molecule has 0 aromatic heterocycles. The smallest absolute Gasteiger partial charge is 0.0438 e. The van der Waals surface area contributed by atoms with Gasteiger partial charge in [0.2, 0.25) is 0 Å². The van der Waals surface area contributed by atoms with Crippen LogP contribution in [0.5, 0.6) is 0 Å². The quantitative estimate of drug-likeness (QED) is 0.801. The minimum atomic E-state index is 0.381. The SMILES string of the molecule is Cc1ccc(C2CC(C(C)(C)C)CCC2CN)cc1Cl. The summed E-state index contributed by atoms with van der Waals surface area (Å²) in [5.74, 6) is 1.94. The highest BCUT2D eigenvalue weighted by molar-refractivity contribution is 6.31. The van der Waals surface area contributed by atoms with Gasteiger partial charge in [0.1, 0.15) is 0 Å². The maximum Gasteiger partial charge on any atom is 0.0438 e. The third kappa shape index (κ3) is 3.38. The zero-order chi connectivity index (χ0) is 14.9. The molecular weight excluding hydrogens is 266 g/mol. The minimum absolute atomic E-state index is 0.381. The van der Waals surface area contributed by atoms with Crippen LogP contribution in [-0.2, 0) is 0 Å². The van der Waals surface area contributed by atoms with Crippen LogP contribution in [0, 0.1) is 24.2 Å². The molecule has 1 fully saturated rings. The van der Waals surface area contributed by atoms with Gasteiger partial charge in [0.15, 0.2) is 0 Å². The largest absolute Gasteiger partial charge is 0.330 e. The standard InChI is InChI=1S/C18H28ClN/c1-12-5-6-13(9-17(12)19)16-10-15(18(2,3)4)8-7-14(16)11-20/h5-6,9,14-16H,7-8,10-11,20H2,1-4H3. The zero-order valence-electron chi connectivity index (χ0n) is 13.2. The fourth-order valence-electron chi connectivity index (χ4n) is 3.55. The van der Waals surface area contributed by atoms with Crippen molar-refractivity contribution in [2.75, 3.05) is 6.54 Å². The zero-order valence-corrected chi connectivity index (χ0v) is 14.0. The summed E-state index contributed by atoms with van der Waals surface area (Å²) in [5.41, 5.74) is 8.94. The summed E-state index contributed by atoms with van der Waals surface area (Å²) in [7, 11) is 0. The van der Waals surface area contributed by atoms with Crippen LogP contribution in [0.2, 0.25) is 5.02 Å². The Labute approximate surface area is 128 Å². The highest BCUT2D eigenvalue weighted by Gasteiger charge is 2.36. The van der Waals surface area contributed by atoms with Crippen molar-refractivity contribution in [2.45, 2.75) is 52.9 Å². The van der Waals surface area contributed by atoms with E-state index in [0.29, 0.717) is 17.3 Å². The Morgan fingerprint density at radius 3 is 2.50 bits per heavy atom. The lowest BCUT2D eigenvalue weighted by Gasteiger charge is -2.42. The molecule has 1 saturated carbocycles. The highest BCUT2D eigenvalue weighted by atomic mass is 35.5. The molecule has 1 aromatic rings. The fraction of sp³-hybridized carbons (Fsp3) is 0.667. The van der Waals surface area contributed by atoms with Gasteiger partial charge in [0.05, 0.1) is 0 Å². The van der Waals surface area contributed by atoms with Crippen LogP contribution >= 0.6 is 11.6 Å². The van der Waals surface area contributed by atoms with E-state index >= 15 is 0 Å². The predicted molar refractivity (Wildman–Crippen MR) is 88.3 cm³/mol. The van der Waals surface area contributed by atoms with E-state index in [9.17, 15) is 0 Å². The lowest BCUT2D eigenvalue weighted by molar-refractivity contribution is 0.133. The van der Waals surface area contributed by atoms with Crippen molar-refractivity contribution in [3.05, 3.63) is 34.3 Å². The minimum Gasteiger partial charge on any atom is -0.330 e. The summed E-state index contributed by atoms with van der Waals surface area (Å²) in [6.45, 7) is 9.93. The first kappa shape index (κ1) is 15.9. The maximum absolute atomic E-state index is 6.32. The van der Waals surface area contributed by atoms with Gasteiger partial charge in [-0.15, -0.1) is 0 Å². The first-order valence-corrected chi connectivity index (χ1v) is 8.17. The summed E-state index contributed by atoms with van der Waals surface area (Å²) < 4.78 is 0. The third-order valence-electron chi connectivity index (χ3n) is 5.14. The third-order valence-corrected chi connectivity index (χ3v) is 5.55. The first-order valence-electron chi connectivity index (χ1n) is 7.79. The Morgan fingerprint density at radius 1 is 1.25 bits per heavy atom. The molecule has 0 spiro atoms. The van der Waals surface area contributed by atoms with Gasteiger partial charge < -0.3 is 5.73 Å². The van der Waals surface area contributed by atoms with Gasteiger partial charge in [-0.05, 0) is 73.1 Å². The normalized spacial score (nSPS) is 27.6. The van der Waals surface area contributed by atoms with Crippen LogP contribution in [0.15, 0.2) is 18.2 Å². The van der Waals surface area contributed by atoms with Gasteiger partial charge >= 0.3 is 0 Å². The molecule has 0 radical (unpaired) electrons. The number of hydrogen-bond donors (Lipinski definition) is 1. The second-order valence-electron chi connectivity index (χ2n) is 7.49. The van der Waals surface area contributed by atoms with Gasteiger partial charge in [0, 0.05) is 5.02 Å². The topological polar surface area (TPSA) is 26.0 Å². The Hall–Kier alpha value is -0.530. The Morgan fingerprint density at radius 2 is 1.95 bits per heavy atom. The van der Waals surface area contributed by atoms with E-state index < -0.39 is 0 Å². The predicted octanol–water partition coefficient (Wildman–Crippen LogP) is 5.15. The van der Waals surface area contributed by atoms with Crippen molar-refractivity contribution in [3.8, 4) is 0 Å². The number of aryl methyl sites for hydroxylation is 1. The monoisotopic (exact) mass is 293 g/mol. The molecule has 2 N–H and O–H groups in total. The number of nitrogens with two attached hydrogens (primary N) is 1. The van der Waals surface area contributed by atoms with E-state index in [4.69, 9.17) is 17.3 Å². The van der Waals surface area contributed by atoms with Crippen molar-refractivity contribution in [1.82, 2.24) is 0 Å². The van der Waals surface area contributed by atoms with Crippen molar-refractivity contribution in [3.63, 3.8) is 0 Å². The summed E-state index contributed by atoms with van der Waals surface area (Å²) in [6.07, 6.45) is 3.79. The van der Waals surface area contributed by atoms with Gasteiger partial charge in [-0.25, -0.2) is 0 Å². The molecule has 2 heteroatoms. The first-order chi connectivity index (χ1) is 9.32. The molecule has 112 valence electrons. The Balaban J connectivity index is 2.27. The molecule has 0 aliphatic heterocycles. The van der Waals surface area contributed by atoms with Crippen LogP contribution in [0.3, 0.4) is 0 Å². The van der Waals surface area contributed by atoms with E-state index in [0.717, 1.165) is 23.0 Å². The van der Waals surface area contributed by atoms with Crippen molar-refractivity contribution in [1.29, 1.82) is 0 Å². The number of rotatable bonds is 2. The lowest BCUT2D eigenvalue weighted by Crippen LogP contribution is -2.34. The molecule has 0 amide bonds. The Kier molecular flexibility index (Phi) is 4.81. The average Bonchev–Trinajstić information content (AvgIpc) is 2.40. The molecule has 3 unspecified atom stereocenters. The molecule has 1 aliphatic rings. The van der Waals surface area contributed by atoms with Crippen molar-refractivity contribution >= 4 is 11.6 Å². The number of halogens is 1. The summed E-state index contributed by atoms with van der Waals surface area (Å²) in [6, 6.07) is 6.56. The average molecular weight is 294 g/mol. The molecule has 20 heavy (non-hydrogen) atoms. The summed E-state index contributed by atoms with van der Waals surface area (Å²) in [5, 5.41) is 0.885. The highest BCUT2D eigenvalue weighted by Crippen LogP contribution is 2.46. The number of benzene rings is 1. The number of hydrogen-bond acceptors (Lipinski definition) is 1. The Bertz CT molecular complexity index is 461. The van der Waals surface area contributed by atoms with Gasteiger partial charge in [0.25, 0.3) is 0 Å². The summed E-state index contributed by atoms with van der Waals surface area (Å²) >= 11 is 6.32. The molecule has 1 aromatic carbocycles. The van der Waals surface area contributed by atoms with Gasteiger partial charge in [-0.3, -0.25) is 0 Å². The molecule has 2 rings (SSSR count). The van der Waals surface area contributed by atoms with Crippen LogP contribution in [-0.4, -0.2) is 6.54 Å². The van der Waals surface area contributed by atoms with Gasteiger partial charge in [-0.1, -0.05) is 44.5 Å².